The van der Waals surface area contributed by atoms with Gasteiger partial charge < -0.3 is 4.84 Å². The van der Waals surface area contributed by atoms with Crippen LogP contribution in [0.1, 0.15) is 32.4 Å². The van der Waals surface area contributed by atoms with E-state index in [1.807, 2.05) is 57.2 Å². The summed E-state index contributed by atoms with van der Waals surface area (Å²) in [7, 11) is 0. The maximum absolute atomic E-state index is 12.0. The number of carbonyl (C=O) groups is 1. The average molecular weight is 268 g/mol. The molecular formula is C16H16N2O2. The molecule has 1 atom stereocenters. The van der Waals surface area contributed by atoms with E-state index in [0.717, 1.165) is 16.6 Å². The number of para-hydroxylation sites is 1. The summed E-state index contributed by atoms with van der Waals surface area (Å²) in [5.41, 5.74) is 2.06. The quantitative estimate of drug-likeness (QED) is 0.746. The molecule has 1 unspecified atom stereocenters. The van der Waals surface area contributed by atoms with Crippen molar-refractivity contribution < 1.29 is 9.63 Å². The SMILES string of the molecule is CC(C)(C)C1=NOC(=O)C1c1ccc2ccccc2n1. The molecule has 0 fully saturated rings. The van der Waals surface area contributed by atoms with E-state index in [1.165, 1.54) is 0 Å². The fourth-order valence-electron chi connectivity index (χ4n) is 2.38. The van der Waals surface area contributed by atoms with Crippen molar-refractivity contribution >= 4 is 22.6 Å². The number of oxime groups is 1. The van der Waals surface area contributed by atoms with Crippen molar-refractivity contribution in [2.24, 2.45) is 10.6 Å². The molecule has 0 bridgehead atoms. The van der Waals surface area contributed by atoms with Crippen molar-refractivity contribution in [1.82, 2.24) is 4.98 Å². The highest BCUT2D eigenvalue weighted by molar-refractivity contribution is 6.12. The van der Waals surface area contributed by atoms with Gasteiger partial charge in [-0.25, -0.2) is 4.79 Å². The lowest BCUT2D eigenvalue weighted by atomic mass is 9.81. The molecule has 2 heterocycles. The Morgan fingerprint density at radius 2 is 1.85 bits per heavy atom. The molecule has 1 aliphatic rings. The van der Waals surface area contributed by atoms with Crippen LogP contribution in [0.3, 0.4) is 0 Å². The van der Waals surface area contributed by atoms with Crippen LogP contribution in [0, 0.1) is 5.41 Å². The second-order valence-electron chi connectivity index (χ2n) is 6.00. The van der Waals surface area contributed by atoms with Crippen LogP contribution in [0.2, 0.25) is 0 Å². The molecule has 102 valence electrons. The maximum Gasteiger partial charge on any atom is 0.349 e. The minimum absolute atomic E-state index is 0.232. The number of hydrogen-bond donors (Lipinski definition) is 0. The van der Waals surface area contributed by atoms with Crippen LogP contribution < -0.4 is 0 Å². The van der Waals surface area contributed by atoms with Gasteiger partial charge in [0.15, 0.2) is 0 Å². The Labute approximate surface area is 117 Å². The zero-order chi connectivity index (χ0) is 14.3. The molecule has 1 aliphatic heterocycles. The molecule has 3 rings (SSSR count). The van der Waals surface area contributed by atoms with E-state index in [-0.39, 0.29) is 11.4 Å². The molecule has 4 nitrogen and oxygen atoms in total. The van der Waals surface area contributed by atoms with Gasteiger partial charge >= 0.3 is 5.97 Å². The highest BCUT2D eigenvalue weighted by Gasteiger charge is 2.41. The number of carbonyl (C=O) groups excluding carboxylic acids is 1. The first-order valence-corrected chi connectivity index (χ1v) is 6.62. The normalized spacial score (nSPS) is 19.1. The predicted molar refractivity (Wildman–Crippen MR) is 77.5 cm³/mol. The largest absolute Gasteiger partial charge is 0.349 e. The topological polar surface area (TPSA) is 51.5 Å². The summed E-state index contributed by atoms with van der Waals surface area (Å²) in [4.78, 5) is 21.5. The Morgan fingerprint density at radius 3 is 2.60 bits per heavy atom. The monoisotopic (exact) mass is 268 g/mol. The zero-order valence-electron chi connectivity index (χ0n) is 11.8. The van der Waals surface area contributed by atoms with Gasteiger partial charge in [0.05, 0.1) is 16.9 Å². The molecule has 0 spiro atoms. The molecule has 20 heavy (non-hydrogen) atoms. The Bertz CT molecular complexity index is 714. The van der Waals surface area contributed by atoms with Crippen LogP contribution in [0.15, 0.2) is 41.6 Å². The summed E-state index contributed by atoms with van der Waals surface area (Å²) in [6.07, 6.45) is 0. The Hall–Kier alpha value is -2.23. The van der Waals surface area contributed by atoms with Crippen molar-refractivity contribution in [1.29, 1.82) is 0 Å². The molecule has 1 aromatic heterocycles. The van der Waals surface area contributed by atoms with Gasteiger partial charge in [-0.2, -0.15) is 0 Å². The Kier molecular flexibility index (Phi) is 2.82. The zero-order valence-corrected chi connectivity index (χ0v) is 11.8. The van der Waals surface area contributed by atoms with Crippen molar-refractivity contribution in [3.63, 3.8) is 0 Å². The van der Waals surface area contributed by atoms with Gasteiger partial charge in [0, 0.05) is 10.8 Å². The van der Waals surface area contributed by atoms with Gasteiger partial charge in [0.2, 0.25) is 0 Å². The van der Waals surface area contributed by atoms with Gasteiger partial charge in [-0.3, -0.25) is 4.98 Å². The van der Waals surface area contributed by atoms with Crippen LogP contribution in [0.5, 0.6) is 0 Å². The molecule has 2 aromatic rings. The van der Waals surface area contributed by atoms with E-state index >= 15 is 0 Å². The average Bonchev–Trinajstić information content (AvgIpc) is 2.80. The standard InChI is InChI=1S/C16H16N2O2/c1-16(2,3)14-13(15(19)20-18-14)12-9-8-10-6-4-5-7-11(10)17-12/h4-9,13H,1-3H3. The van der Waals surface area contributed by atoms with Gasteiger partial charge in [-0.1, -0.05) is 50.2 Å². The summed E-state index contributed by atoms with van der Waals surface area (Å²) in [6.45, 7) is 6.05. The fraction of sp³-hybridized carbons (Fsp3) is 0.312. The lowest BCUT2D eigenvalue weighted by Crippen LogP contribution is -2.28. The van der Waals surface area contributed by atoms with E-state index in [4.69, 9.17) is 4.84 Å². The van der Waals surface area contributed by atoms with Gasteiger partial charge in [0.25, 0.3) is 0 Å². The van der Waals surface area contributed by atoms with E-state index < -0.39 is 5.92 Å². The first-order valence-electron chi connectivity index (χ1n) is 6.62. The molecule has 0 saturated carbocycles. The van der Waals surface area contributed by atoms with Crippen molar-refractivity contribution in [3.05, 3.63) is 42.1 Å². The number of aromatic nitrogens is 1. The van der Waals surface area contributed by atoms with Crippen LogP contribution in [0.4, 0.5) is 0 Å². The van der Waals surface area contributed by atoms with Crippen LogP contribution >= 0.6 is 0 Å². The van der Waals surface area contributed by atoms with Crippen LogP contribution in [-0.2, 0) is 9.63 Å². The Morgan fingerprint density at radius 1 is 1.10 bits per heavy atom. The molecule has 0 saturated heterocycles. The second-order valence-corrected chi connectivity index (χ2v) is 6.00. The summed E-state index contributed by atoms with van der Waals surface area (Å²) < 4.78 is 0. The summed E-state index contributed by atoms with van der Waals surface area (Å²) >= 11 is 0. The van der Waals surface area contributed by atoms with Crippen molar-refractivity contribution in [2.75, 3.05) is 0 Å². The number of fused-ring (bicyclic) bond motifs is 1. The summed E-state index contributed by atoms with van der Waals surface area (Å²) in [6, 6.07) is 11.7. The number of nitrogens with zero attached hydrogens (tertiary/aromatic N) is 2. The smallest absolute Gasteiger partial charge is 0.317 e. The minimum Gasteiger partial charge on any atom is -0.317 e. The van der Waals surface area contributed by atoms with Crippen LogP contribution in [-0.4, -0.2) is 16.7 Å². The molecule has 1 aromatic carbocycles. The number of pyridine rings is 1. The second kappa shape index (κ2) is 4.40. The van der Waals surface area contributed by atoms with E-state index in [2.05, 4.69) is 10.1 Å². The molecule has 0 N–H and O–H groups in total. The third kappa shape index (κ3) is 2.07. The van der Waals surface area contributed by atoms with Crippen LogP contribution in [0.25, 0.3) is 10.9 Å². The molecule has 0 radical (unpaired) electrons. The highest BCUT2D eigenvalue weighted by atomic mass is 16.7. The van der Waals surface area contributed by atoms with E-state index in [1.54, 1.807) is 0 Å². The molecule has 4 heteroatoms. The van der Waals surface area contributed by atoms with Crippen molar-refractivity contribution in [3.8, 4) is 0 Å². The first-order chi connectivity index (χ1) is 9.47. The number of rotatable bonds is 1. The van der Waals surface area contributed by atoms with Gasteiger partial charge in [-0.15, -0.1) is 0 Å². The minimum atomic E-state index is -0.500. The summed E-state index contributed by atoms with van der Waals surface area (Å²) in [5.74, 6) is -0.850. The molecule has 0 aliphatic carbocycles. The fourth-order valence-corrected chi connectivity index (χ4v) is 2.38. The van der Waals surface area contributed by atoms with Gasteiger partial charge in [0.1, 0.15) is 5.92 Å². The lowest BCUT2D eigenvalue weighted by molar-refractivity contribution is -0.141. The Balaban J connectivity index is 2.09. The maximum atomic E-state index is 12.0. The lowest BCUT2D eigenvalue weighted by Gasteiger charge is -2.21. The van der Waals surface area contributed by atoms with E-state index in [9.17, 15) is 4.79 Å². The number of hydrogen-bond acceptors (Lipinski definition) is 4. The molecular weight excluding hydrogens is 252 g/mol. The third-order valence-electron chi connectivity index (χ3n) is 3.43. The van der Waals surface area contributed by atoms with Crippen molar-refractivity contribution in [2.45, 2.75) is 26.7 Å². The third-order valence-corrected chi connectivity index (χ3v) is 3.43. The predicted octanol–water partition coefficient (Wildman–Crippen LogP) is 3.28. The first kappa shape index (κ1) is 12.8. The molecule has 0 amide bonds. The number of benzene rings is 1. The van der Waals surface area contributed by atoms with Gasteiger partial charge in [-0.05, 0) is 12.1 Å². The highest BCUT2D eigenvalue weighted by Crippen LogP contribution is 2.33. The summed E-state index contributed by atoms with van der Waals surface area (Å²) in [5, 5.41) is 5.01. The van der Waals surface area contributed by atoms with E-state index in [0.29, 0.717) is 5.69 Å².